The molecule has 8 heteroatoms. The Kier molecular flexibility index (Phi) is 9.13. The molecule has 0 aliphatic carbocycles. The molecule has 0 aliphatic rings. The van der Waals surface area contributed by atoms with Crippen LogP contribution in [0.5, 0.6) is 0 Å². The molecule has 2 rings (SSSR count). The van der Waals surface area contributed by atoms with Gasteiger partial charge in [-0.2, -0.15) is 21.0 Å². The van der Waals surface area contributed by atoms with Gasteiger partial charge in [0.2, 0.25) is 10.8 Å². The van der Waals surface area contributed by atoms with Crippen molar-refractivity contribution in [3.8, 4) is 24.3 Å². The van der Waals surface area contributed by atoms with E-state index >= 15 is 0 Å². The van der Waals surface area contributed by atoms with Gasteiger partial charge in [-0.25, -0.2) is 4.99 Å². The molecule has 0 unspecified atom stereocenters. The molecule has 0 heterocycles. The standard InChI is InChI=1S/C26H25N6O2/c1-3-5-11-31-21-13-22(32-12-6-4-2)25(34)23(24(21)33)26(16-29,17-30)20-9-7-18(8-10-20)19(14-27)15-28/h7-10,13,19,31H,3-6,11-12H2,1-2H3/q+1. The number of hydrogen-bond acceptors (Lipinski definition) is 8. The highest BCUT2D eigenvalue weighted by atomic mass is 16.1. The summed E-state index contributed by atoms with van der Waals surface area (Å²) in [4.78, 5) is 31.1. The fourth-order valence-corrected chi connectivity index (χ4v) is 3.49. The van der Waals surface area contributed by atoms with E-state index in [2.05, 4.69) is 10.3 Å². The molecule has 34 heavy (non-hydrogen) atoms. The second kappa shape index (κ2) is 12.0. The van der Waals surface area contributed by atoms with Crippen LogP contribution in [0, 0.1) is 45.3 Å². The molecule has 170 valence electrons. The molecule has 0 spiro atoms. The van der Waals surface area contributed by atoms with Gasteiger partial charge in [0.1, 0.15) is 18.2 Å². The zero-order chi connectivity index (χ0) is 25.1. The first-order chi connectivity index (χ1) is 16.4. The van der Waals surface area contributed by atoms with Crippen molar-refractivity contribution in [2.75, 3.05) is 18.4 Å². The quantitative estimate of drug-likeness (QED) is 0.428. The number of anilines is 1. The van der Waals surface area contributed by atoms with Gasteiger partial charge in [-0.1, -0.05) is 51.0 Å². The lowest BCUT2D eigenvalue weighted by molar-refractivity contribution is 0.784. The summed E-state index contributed by atoms with van der Waals surface area (Å²) in [5.41, 5.74) is -3.50. The first-order valence-electron chi connectivity index (χ1n) is 11.1. The first kappa shape index (κ1) is 25.9. The Labute approximate surface area is 198 Å². The monoisotopic (exact) mass is 453 g/mol. The van der Waals surface area contributed by atoms with Crippen LogP contribution in [0.4, 0.5) is 5.69 Å². The van der Waals surface area contributed by atoms with Gasteiger partial charge < -0.3 is 5.32 Å². The highest BCUT2D eigenvalue weighted by Crippen LogP contribution is 2.29. The van der Waals surface area contributed by atoms with Gasteiger partial charge in [0, 0.05) is 12.1 Å². The molecule has 1 N–H and O–H groups in total. The van der Waals surface area contributed by atoms with Crippen molar-refractivity contribution in [2.24, 2.45) is 4.99 Å². The van der Waals surface area contributed by atoms with E-state index in [9.17, 15) is 20.1 Å². The van der Waals surface area contributed by atoms with Crippen molar-refractivity contribution >= 4 is 5.69 Å². The second-order valence-electron chi connectivity index (χ2n) is 7.78. The molecule has 0 saturated heterocycles. The highest BCUT2D eigenvalue weighted by Gasteiger charge is 2.46. The first-order valence-corrected chi connectivity index (χ1v) is 11.1. The largest absolute Gasteiger partial charge is 0.330 e. The Morgan fingerprint density at radius 3 is 2.12 bits per heavy atom. The van der Waals surface area contributed by atoms with Crippen molar-refractivity contribution in [3.63, 3.8) is 0 Å². The molecule has 2 aromatic carbocycles. The van der Waals surface area contributed by atoms with Crippen LogP contribution in [0.3, 0.4) is 0 Å². The van der Waals surface area contributed by atoms with Crippen LogP contribution < -0.4 is 21.5 Å². The van der Waals surface area contributed by atoms with E-state index in [0.717, 1.165) is 25.7 Å². The lowest BCUT2D eigenvalue weighted by Crippen LogP contribution is -2.44. The molecule has 0 aromatic heterocycles. The minimum atomic E-state index is -2.18. The molecule has 0 saturated carbocycles. The van der Waals surface area contributed by atoms with E-state index in [1.807, 2.05) is 38.1 Å². The van der Waals surface area contributed by atoms with Gasteiger partial charge in [-0.05, 0) is 18.4 Å². The average Bonchev–Trinajstić information content (AvgIpc) is 2.86. The van der Waals surface area contributed by atoms with Crippen molar-refractivity contribution in [1.82, 2.24) is 0 Å². The minimum Gasteiger partial charge on any atom is -0.330 e. The van der Waals surface area contributed by atoms with E-state index < -0.39 is 27.8 Å². The summed E-state index contributed by atoms with van der Waals surface area (Å²) in [6.45, 7) is 4.85. The predicted octanol–water partition coefficient (Wildman–Crippen LogP) is 2.94. The molecule has 0 fully saturated rings. The number of unbranched alkanes of at least 4 members (excludes halogenated alkanes) is 2. The van der Waals surface area contributed by atoms with E-state index in [1.165, 1.54) is 30.3 Å². The number of nitrogens with one attached hydrogen (secondary N) is 1. The third-order valence-corrected chi connectivity index (χ3v) is 5.50. The SMILES string of the molecule is CCCCN=c1cc(NCCCC)c(=O)[c+](C(C#N)(C#N)c2ccc(C(C#N)C#N)cc2)c1=O. The Morgan fingerprint density at radius 2 is 1.59 bits per heavy atom. The molecule has 0 bridgehead atoms. The van der Waals surface area contributed by atoms with Crippen LogP contribution in [0.1, 0.15) is 62.1 Å². The number of nitriles is 4. The van der Waals surface area contributed by atoms with Crippen LogP contribution >= 0.6 is 0 Å². The molecule has 0 aliphatic heterocycles. The molecule has 2 aromatic rings. The van der Waals surface area contributed by atoms with Crippen LogP contribution in [0.25, 0.3) is 0 Å². The van der Waals surface area contributed by atoms with Gasteiger partial charge in [0.05, 0.1) is 18.7 Å². The Bertz CT molecular complexity index is 1320. The Morgan fingerprint density at radius 1 is 0.971 bits per heavy atom. The summed E-state index contributed by atoms with van der Waals surface area (Å²) in [5.74, 6) is -1.02. The average molecular weight is 454 g/mol. The summed E-state index contributed by atoms with van der Waals surface area (Å²) >= 11 is 0. The van der Waals surface area contributed by atoms with Crippen LogP contribution in [0.2, 0.25) is 0 Å². The van der Waals surface area contributed by atoms with Crippen LogP contribution in [0.15, 0.2) is 44.9 Å². The second-order valence-corrected chi connectivity index (χ2v) is 7.78. The topological polar surface area (TPSA) is 154 Å². The smallest absolute Gasteiger partial charge is 0.321 e. The van der Waals surface area contributed by atoms with E-state index in [0.29, 0.717) is 18.7 Å². The van der Waals surface area contributed by atoms with Crippen molar-refractivity contribution in [1.29, 1.82) is 21.0 Å². The number of hydrogen-bond donors (Lipinski definition) is 1. The minimum absolute atomic E-state index is 0.0302. The van der Waals surface area contributed by atoms with Gasteiger partial charge >= 0.3 is 10.9 Å². The van der Waals surface area contributed by atoms with Crippen LogP contribution in [-0.4, -0.2) is 13.1 Å². The van der Waals surface area contributed by atoms with Gasteiger partial charge in [0.15, 0.2) is 17.2 Å². The van der Waals surface area contributed by atoms with Crippen LogP contribution in [-0.2, 0) is 5.41 Å². The molecule has 0 radical (unpaired) electrons. The molecule has 0 atom stereocenters. The maximum Gasteiger partial charge on any atom is 0.321 e. The normalized spacial score (nSPS) is 11.3. The maximum absolute atomic E-state index is 13.4. The summed E-state index contributed by atoms with van der Waals surface area (Å²) in [6, 6.07) is 14.6. The molecule has 0 amide bonds. The Balaban J connectivity index is 2.81. The summed E-state index contributed by atoms with van der Waals surface area (Å²) < 4.78 is 0. The van der Waals surface area contributed by atoms with E-state index in [1.54, 1.807) is 0 Å². The Hall–Kier alpha value is -4.40. The zero-order valence-corrected chi connectivity index (χ0v) is 19.3. The van der Waals surface area contributed by atoms with Gasteiger partial charge in [0.25, 0.3) is 0 Å². The van der Waals surface area contributed by atoms with Crippen molar-refractivity contribution < 1.29 is 0 Å². The van der Waals surface area contributed by atoms with E-state index in [4.69, 9.17) is 10.5 Å². The molecular weight excluding hydrogens is 428 g/mol. The van der Waals surface area contributed by atoms with Gasteiger partial charge in [-0.3, -0.25) is 9.59 Å². The fourth-order valence-electron chi connectivity index (χ4n) is 3.49. The number of benzene rings is 2. The number of nitrogens with zero attached hydrogens (tertiary/aromatic N) is 5. The lowest BCUT2D eigenvalue weighted by Gasteiger charge is -2.15. The zero-order valence-electron chi connectivity index (χ0n) is 19.3. The third kappa shape index (κ3) is 5.15. The summed E-state index contributed by atoms with van der Waals surface area (Å²) in [5, 5.41) is 41.5. The lowest BCUT2D eigenvalue weighted by atomic mass is 9.76. The maximum atomic E-state index is 13.4. The summed E-state index contributed by atoms with van der Waals surface area (Å²) in [6.07, 6.45) is 3.29. The fraction of sp³-hybridized carbons (Fsp3) is 0.385. The summed E-state index contributed by atoms with van der Waals surface area (Å²) in [7, 11) is 0. The highest BCUT2D eigenvalue weighted by molar-refractivity contribution is 5.58. The van der Waals surface area contributed by atoms with Gasteiger partial charge in [-0.15, -0.1) is 0 Å². The third-order valence-electron chi connectivity index (χ3n) is 5.50. The van der Waals surface area contributed by atoms with Crippen molar-refractivity contribution in [2.45, 2.75) is 50.9 Å². The predicted molar refractivity (Wildman–Crippen MR) is 127 cm³/mol. The molecule has 8 nitrogen and oxygen atoms in total. The van der Waals surface area contributed by atoms with E-state index in [-0.39, 0.29) is 16.6 Å². The number of rotatable bonds is 10. The molecular formula is C26H25N6O2+. The van der Waals surface area contributed by atoms with Crippen molar-refractivity contribution in [3.05, 3.63) is 72.8 Å².